The predicted octanol–water partition coefficient (Wildman–Crippen LogP) is -1.29. The lowest BCUT2D eigenvalue weighted by molar-refractivity contribution is -0.144. The number of hydrogen-bond donors (Lipinski definition) is 1. The number of hydrogen-bond acceptors (Lipinski definition) is 5. The molecule has 0 aliphatic carbocycles. The van der Waals surface area contributed by atoms with Crippen LogP contribution < -0.4 is 5.32 Å². The lowest BCUT2D eigenvalue weighted by Gasteiger charge is -2.12. The van der Waals surface area contributed by atoms with E-state index in [1.165, 1.54) is 7.11 Å². The third-order valence-electron chi connectivity index (χ3n) is 1.53. The molecule has 0 aliphatic rings. The largest absolute Gasteiger partial charge is 0.467 e. The van der Waals surface area contributed by atoms with Crippen LogP contribution in [0, 0.1) is 0 Å². The Kier molecular flexibility index (Phi) is 5.14. The van der Waals surface area contributed by atoms with Crippen LogP contribution >= 0.6 is 0 Å². The van der Waals surface area contributed by atoms with Gasteiger partial charge in [0.2, 0.25) is 6.41 Å². The molecule has 1 amide bonds. The predicted molar refractivity (Wildman–Crippen MR) is 49.3 cm³/mol. The number of carbonyl (C=O) groups excluding carboxylic acids is 2. The number of amides is 1. The Morgan fingerprint density at radius 3 is 2.50 bits per heavy atom. The van der Waals surface area contributed by atoms with Gasteiger partial charge in [-0.25, -0.2) is 13.2 Å². The summed E-state index contributed by atoms with van der Waals surface area (Å²) >= 11 is 0. The van der Waals surface area contributed by atoms with E-state index < -0.39 is 21.8 Å². The maximum absolute atomic E-state index is 11.0. The van der Waals surface area contributed by atoms with Gasteiger partial charge in [-0.15, -0.1) is 0 Å². The minimum atomic E-state index is -3.14. The van der Waals surface area contributed by atoms with E-state index in [2.05, 4.69) is 10.1 Å². The summed E-state index contributed by atoms with van der Waals surface area (Å²) in [5.74, 6) is -0.825. The van der Waals surface area contributed by atoms with E-state index in [-0.39, 0.29) is 12.2 Å². The Labute approximate surface area is 82.5 Å². The Morgan fingerprint density at radius 2 is 2.14 bits per heavy atom. The van der Waals surface area contributed by atoms with Crippen molar-refractivity contribution in [3.05, 3.63) is 0 Å². The third kappa shape index (κ3) is 5.52. The first kappa shape index (κ1) is 12.9. The molecular weight excluding hydrogens is 210 g/mol. The minimum absolute atomic E-state index is 0.0181. The number of rotatable bonds is 6. The van der Waals surface area contributed by atoms with Crippen LogP contribution in [0.2, 0.25) is 0 Å². The van der Waals surface area contributed by atoms with Gasteiger partial charge < -0.3 is 10.1 Å². The van der Waals surface area contributed by atoms with Gasteiger partial charge >= 0.3 is 5.97 Å². The molecule has 0 fully saturated rings. The van der Waals surface area contributed by atoms with Crippen molar-refractivity contribution in [1.82, 2.24) is 5.32 Å². The van der Waals surface area contributed by atoms with Crippen molar-refractivity contribution in [2.45, 2.75) is 12.5 Å². The van der Waals surface area contributed by atoms with Crippen LogP contribution in [0.25, 0.3) is 0 Å². The van der Waals surface area contributed by atoms with Gasteiger partial charge in [0.1, 0.15) is 15.9 Å². The molecule has 1 N–H and O–H groups in total. The first-order chi connectivity index (χ1) is 6.40. The summed E-state index contributed by atoms with van der Waals surface area (Å²) < 4.78 is 25.9. The van der Waals surface area contributed by atoms with Gasteiger partial charge in [0.25, 0.3) is 0 Å². The van der Waals surface area contributed by atoms with E-state index >= 15 is 0 Å². The van der Waals surface area contributed by atoms with Gasteiger partial charge in [0.05, 0.1) is 12.9 Å². The zero-order valence-corrected chi connectivity index (χ0v) is 8.83. The average Bonchev–Trinajstić information content (AvgIpc) is 2.09. The molecule has 0 saturated heterocycles. The summed E-state index contributed by atoms with van der Waals surface area (Å²) in [6, 6.07) is -0.896. The quantitative estimate of drug-likeness (QED) is 0.447. The Bertz CT molecular complexity index is 297. The number of ether oxygens (including phenoxy) is 1. The van der Waals surface area contributed by atoms with E-state index in [1.54, 1.807) is 0 Å². The highest BCUT2D eigenvalue weighted by Crippen LogP contribution is 1.97. The smallest absolute Gasteiger partial charge is 0.328 e. The Morgan fingerprint density at radius 1 is 1.57 bits per heavy atom. The highest BCUT2D eigenvalue weighted by molar-refractivity contribution is 7.90. The highest BCUT2D eigenvalue weighted by Gasteiger charge is 2.19. The molecule has 14 heavy (non-hydrogen) atoms. The van der Waals surface area contributed by atoms with Crippen LogP contribution in [-0.2, 0) is 24.2 Å². The molecule has 0 radical (unpaired) electrons. The summed E-state index contributed by atoms with van der Waals surface area (Å²) in [6.45, 7) is 0. The fourth-order valence-electron chi connectivity index (χ4n) is 0.826. The van der Waals surface area contributed by atoms with Crippen molar-refractivity contribution >= 4 is 22.2 Å². The maximum atomic E-state index is 11.0. The second-order valence-electron chi connectivity index (χ2n) is 2.78. The van der Waals surface area contributed by atoms with Crippen molar-refractivity contribution < 1.29 is 22.7 Å². The van der Waals surface area contributed by atoms with E-state index in [0.717, 1.165) is 6.26 Å². The van der Waals surface area contributed by atoms with E-state index in [0.29, 0.717) is 6.41 Å². The zero-order chi connectivity index (χ0) is 11.2. The Balaban J connectivity index is 4.23. The van der Waals surface area contributed by atoms with Crippen LogP contribution in [0.3, 0.4) is 0 Å². The van der Waals surface area contributed by atoms with Crippen molar-refractivity contribution in [3.63, 3.8) is 0 Å². The highest BCUT2D eigenvalue weighted by atomic mass is 32.2. The summed E-state index contributed by atoms with van der Waals surface area (Å²) in [5.41, 5.74) is 0. The van der Waals surface area contributed by atoms with Gasteiger partial charge in [-0.05, 0) is 6.42 Å². The fraction of sp³-hybridized carbons (Fsp3) is 0.714. The molecule has 0 spiro atoms. The SMILES string of the molecule is COC(=O)[C@H](CCS(C)(=O)=O)NC=O. The zero-order valence-electron chi connectivity index (χ0n) is 8.02. The van der Waals surface area contributed by atoms with Crippen LogP contribution in [0.1, 0.15) is 6.42 Å². The average molecular weight is 223 g/mol. The molecule has 0 aromatic heterocycles. The molecule has 82 valence electrons. The molecule has 0 heterocycles. The second-order valence-corrected chi connectivity index (χ2v) is 5.04. The summed E-state index contributed by atoms with van der Waals surface area (Å²) in [7, 11) is -1.97. The number of carbonyl (C=O) groups is 2. The standard InChI is InChI=1S/C7H13NO5S/c1-13-7(10)6(8-5-9)3-4-14(2,11)12/h5-6H,3-4H2,1-2H3,(H,8,9)/t6-/m0/s1. The molecule has 0 rings (SSSR count). The van der Waals surface area contributed by atoms with Crippen molar-refractivity contribution in [3.8, 4) is 0 Å². The first-order valence-corrected chi connectivity index (χ1v) is 5.92. The minimum Gasteiger partial charge on any atom is -0.467 e. The molecule has 0 unspecified atom stereocenters. The summed E-state index contributed by atoms with van der Waals surface area (Å²) in [5, 5.41) is 2.19. The summed E-state index contributed by atoms with van der Waals surface area (Å²) in [6.07, 6.45) is 1.41. The normalized spacial score (nSPS) is 13.0. The van der Waals surface area contributed by atoms with Gasteiger partial charge in [0, 0.05) is 6.26 Å². The van der Waals surface area contributed by atoms with Crippen molar-refractivity contribution in [1.29, 1.82) is 0 Å². The number of esters is 1. The van der Waals surface area contributed by atoms with Crippen LogP contribution in [0.5, 0.6) is 0 Å². The van der Waals surface area contributed by atoms with Crippen molar-refractivity contribution in [2.75, 3.05) is 19.1 Å². The van der Waals surface area contributed by atoms with Crippen molar-refractivity contribution in [2.24, 2.45) is 0 Å². The molecule has 6 nitrogen and oxygen atoms in total. The second kappa shape index (κ2) is 5.58. The van der Waals surface area contributed by atoms with Gasteiger partial charge in [-0.1, -0.05) is 0 Å². The van der Waals surface area contributed by atoms with Gasteiger partial charge in [-0.3, -0.25) is 4.79 Å². The number of methoxy groups -OCH3 is 1. The molecule has 7 heteroatoms. The first-order valence-electron chi connectivity index (χ1n) is 3.86. The van der Waals surface area contributed by atoms with E-state index in [9.17, 15) is 18.0 Å². The van der Waals surface area contributed by atoms with Crippen LogP contribution in [0.15, 0.2) is 0 Å². The fourth-order valence-corrected chi connectivity index (χ4v) is 1.49. The topological polar surface area (TPSA) is 89.5 Å². The third-order valence-corrected chi connectivity index (χ3v) is 2.51. The van der Waals surface area contributed by atoms with E-state index in [1.807, 2.05) is 0 Å². The maximum Gasteiger partial charge on any atom is 0.328 e. The van der Waals surface area contributed by atoms with Crippen LogP contribution in [-0.4, -0.2) is 46.0 Å². The monoisotopic (exact) mass is 223 g/mol. The molecular formula is C7H13NO5S. The molecule has 0 aromatic rings. The van der Waals surface area contributed by atoms with Gasteiger partial charge in [0.15, 0.2) is 0 Å². The number of nitrogens with one attached hydrogen (secondary N) is 1. The molecule has 0 saturated carbocycles. The lowest BCUT2D eigenvalue weighted by atomic mass is 10.2. The molecule has 1 atom stereocenters. The van der Waals surface area contributed by atoms with E-state index in [4.69, 9.17) is 0 Å². The molecule has 0 aliphatic heterocycles. The number of sulfone groups is 1. The van der Waals surface area contributed by atoms with Crippen LogP contribution in [0.4, 0.5) is 0 Å². The van der Waals surface area contributed by atoms with Gasteiger partial charge in [-0.2, -0.15) is 0 Å². The molecule has 0 bridgehead atoms. The Hall–Kier alpha value is -1.11. The summed E-state index contributed by atoms with van der Waals surface area (Å²) in [4.78, 5) is 21.1. The lowest BCUT2D eigenvalue weighted by Crippen LogP contribution is -2.38. The molecule has 0 aromatic carbocycles.